The third-order valence-electron chi connectivity index (χ3n) is 2.38. The van der Waals surface area contributed by atoms with Crippen molar-refractivity contribution in [3.05, 3.63) is 29.8 Å². The molecule has 1 aromatic carbocycles. The third-order valence-corrected chi connectivity index (χ3v) is 5.43. The van der Waals surface area contributed by atoms with Gasteiger partial charge in [-0.3, -0.25) is 9.59 Å². The van der Waals surface area contributed by atoms with Crippen molar-refractivity contribution in [3.63, 3.8) is 0 Å². The van der Waals surface area contributed by atoms with Gasteiger partial charge in [-0.2, -0.15) is 0 Å². The Bertz CT molecular complexity index is 448. The Hall–Kier alpha value is -1.14. The zero-order chi connectivity index (χ0) is 14.3. The van der Waals surface area contributed by atoms with E-state index < -0.39 is 11.9 Å². The van der Waals surface area contributed by atoms with Gasteiger partial charge in [-0.15, -0.1) is 0 Å². The maximum absolute atomic E-state index is 10.8. The highest BCUT2D eigenvalue weighted by Gasteiger charge is 2.10. The molecule has 19 heavy (non-hydrogen) atoms. The first kappa shape index (κ1) is 15.9. The van der Waals surface area contributed by atoms with Gasteiger partial charge >= 0.3 is 11.9 Å². The minimum atomic E-state index is -0.850. The van der Waals surface area contributed by atoms with Crippen molar-refractivity contribution in [2.45, 2.75) is 36.3 Å². The molecule has 0 saturated carbocycles. The molecule has 1 rings (SSSR count). The molecule has 0 bridgehead atoms. The Labute approximate surface area is 120 Å². The SMILES string of the molecule is CC(CCC(=O)O)SSc1ccccc1CC(=O)O. The topological polar surface area (TPSA) is 74.6 Å². The number of hydrogen-bond acceptors (Lipinski definition) is 4. The van der Waals surface area contributed by atoms with Crippen LogP contribution in [0.25, 0.3) is 0 Å². The molecule has 2 N–H and O–H groups in total. The molecule has 0 aliphatic rings. The van der Waals surface area contributed by atoms with Gasteiger partial charge in [0.1, 0.15) is 0 Å². The number of aliphatic carboxylic acids is 2. The van der Waals surface area contributed by atoms with Gasteiger partial charge in [-0.1, -0.05) is 46.7 Å². The fraction of sp³-hybridized carbons (Fsp3) is 0.385. The van der Waals surface area contributed by atoms with E-state index in [1.807, 2.05) is 25.1 Å². The summed E-state index contributed by atoms with van der Waals surface area (Å²) >= 11 is 0. The summed E-state index contributed by atoms with van der Waals surface area (Å²) in [7, 11) is 3.08. The number of carbonyl (C=O) groups is 2. The zero-order valence-corrected chi connectivity index (χ0v) is 12.2. The Morgan fingerprint density at radius 3 is 2.53 bits per heavy atom. The summed E-state index contributed by atoms with van der Waals surface area (Å²) in [6.45, 7) is 1.97. The van der Waals surface area contributed by atoms with Crippen LogP contribution in [0, 0.1) is 0 Å². The summed E-state index contributed by atoms with van der Waals surface area (Å²) in [5.74, 6) is -1.64. The van der Waals surface area contributed by atoms with Crippen LogP contribution in [0.3, 0.4) is 0 Å². The van der Waals surface area contributed by atoms with Crippen LogP contribution in [-0.4, -0.2) is 27.4 Å². The fourth-order valence-electron chi connectivity index (χ4n) is 1.40. The Balaban J connectivity index is 2.52. The zero-order valence-electron chi connectivity index (χ0n) is 10.5. The van der Waals surface area contributed by atoms with E-state index in [4.69, 9.17) is 10.2 Å². The Morgan fingerprint density at radius 2 is 1.89 bits per heavy atom. The van der Waals surface area contributed by atoms with E-state index in [1.165, 1.54) is 10.8 Å². The van der Waals surface area contributed by atoms with E-state index in [9.17, 15) is 9.59 Å². The number of hydrogen-bond donors (Lipinski definition) is 2. The lowest BCUT2D eigenvalue weighted by molar-refractivity contribution is -0.137. The maximum Gasteiger partial charge on any atom is 0.307 e. The predicted octanol–water partition coefficient (Wildman–Crippen LogP) is 3.31. The molecule has 0 spiro atoms. The van der Waals surface area contributed by atoms with Crippen molar-refractivity contribution >= 4 is 33.5 Å². The number of rotatable bonds is 8. The lowest BCUT2D eigenvalue weighted by Crippen LogP contribution is -2.02. The standard InChI is InChI=1S/C13H16O4S2/c1-9(6-7-12(14)15)18-19-11-5-3-2-4-10(11)8-13(16)17/h2-5,9H,6-8H2,1H3,(H,14,15)(H,16,17). The average molecular weight is 300 g/mol. The van der Waals surface area contributed by atoms with Crippen LogP contribution in [-0.2, 0) is 16.0 Å². The second kappa shape index (κ2) is 8.12. The summed E-state index contributed by atoms with van der Waals surface area (Å²) in [6.07, 6.45) is 0.771. The summed E-state index contributed by atoms with van der Waals surface area (Å²) in [5.41, 5.74) is 0.790. The van der Waals surface area contributed by atoms with Crippen LogP contribution in [0.2, 0.25) is 0 Å². The highest BCUT2D eigenvalue weighted by atomic mass is 33.1. The van der Waals surface area contributed by atoms with Gasteiger partial charge in [0, 0.05) is 16.6 Å². The van der Waals surface area contributed by atoms with Crippen LogP contribution < -0.4 is 0 Å². The molecular weight excluding hydrogens is 284 g/mol. The van der Waals surface area contributed by atoms with Gasteiger partial charge in [0.05, 0.1) is 6.42 Å². The third kappa shape index (κ3) is 6.54. The first-order valence-electron chi connectivity index (χ1n) is 5.84. The minimum absolute atomic E-state index is 0.00718. The molecule has 1 aromatic rings. The molecule has 104 valence electrons. The highest BCUT2D eigenvalue weighted by molar-refractivity contribution is 8.76. The maximum atomic E-state index is 10.8. The van der Waals surface area contributed by atoms with Crippen molar-refractivity contribution in [1.82, 2.24) is 0 Å². The number of benzene rings is 1. The predicted molar refractivity (Wildman–Crippen MR) is 77.6 cm³/mol. The van der Waals surface area contributed by atoms with Crippen molar-refractivity contribution in [3.8, 4) is 0 Å². The second-order valence-electron chi connectivity index (χ2n) is 4.10. The van der Waals surface area contributed by atoms with Crippen LogP contribution in [0.1, 0.15) is 25.3 Å². The summed E-state index contributed by atoms with van der Waals surface area (Å²) in [6, 6.07) is 7.38. The monoisotopic (exact) mass is 300 g/mol. The molecule has 0 aliphatic carbocycles. The van der Waals surface area contributed by atoms with Gasteiger partial charge in [-0.05, 0) is 18.1 Å². The van der Waals surface area contributed by atoms with Crippen LogP contribution in [0.15, 0.2) is 29.2 Å². The minimum Gasteiger partial charge on any atom is -0.481 e. The van der Waals surface area contributed by atoms with E-state index in [0.717, 1.165) is 10.5 Å². The van der Waals surface area contributed by atoms with Crippen molar-refractivity contribution < 1.29 is 19.8 Å². The van der Waals surface area contributed by atoms with Gasteiger partial charge in [0.15, 0.2) is 0 Å². The second-order valence-corrected chi connectivity index (χ2v) is 6.78. The lowest BCUT2D eigenvalue weighted by Gasteiger charge is -2.11. The summed E-state index contributed by atoms with van der Waals surface area (Å²) < 4.78 is 0. The summed E-state index contributed by atoms with van der Waals surface area (Å²) in [4.78, 5) is 22.2. The quantitative estimate of drug-likeness (QED) is 0.717. The Morgan fingerprint density at radius 1 is 1.21 bits per heavy atom. The molecule has 1 atom stereocenters. The molecule has 0 aromatic heterocycles. The molecule has 6 heteroatoms. The molecule has 0 heterocycles. The van der Waals surface area contributed by atoms with Gasteiger partial charge in [-0.25, -0.2) is 0 Å². The van der Waals surface area contributed by atoms with Crippen LogP contribution in [0.4, 0.5) is 0 Å². The average Bonchev–Trinajstić information content (AvgIpc) is 2.34. The molecule has 1 unspecified atom stereocenters. The molecule has 0 fully saturated rings. The molecule has 0 amide bonds. The van der Waals surface area contributed by atoms with E-state index in [2.05, 4.69) is 0 Å². The van der Waals surface area contributed by atoms with E-state index in [1.54, 1.807) is 16.9 Å². The fourth-order valence-corrected chi connectivity index (χ4v) is 3.85. The van der Waals surface area contributed by atoms with E-state index in [0.29, 0.717) is 6.42 Å². The normalized spacial score (nSPS) is 12.1. The molecular formula is C13H16O4S2. The van der Waals surface area contributed by atoms with Crippen molar-refractivity contribution in [2.24, 2.45) is 0 Å². The van der Waals surface area contributed by atoms with Crippen LogP contribution >= 0.6 is 21.6 Å². The molecule has 0 radical (unpaired) electrons. The van der Waals surface area contributed by atoms with Crippen molar-refractivity contribution in [1.29, 1.82) is 0 Å². The van der Waals surface area contributed by atoms with Crippen molar-refractivity contribution in [2.75, 3.05) is 0 Å². The van der Waals surface area contributed by atoms with E-state index >= 15 is 0 Å². The molecule has 4 nitrogen and oxygen atoms in total. The number of carboxylic acid groups (broad SMARTS) is 2. The van der Waals surface area contributed by atoms with E-state index in [-0.39, 0.29) is 18.1 Å². The largest absolute Gasteiger partial charge is 0.481 e. The molecule has 0 aliphatic heterocycles. The molecule has 0 saturated heterocycles. The van der Waals surface area contributed by atoms with Gasteiger partial charge in [0.25, 0.3) is 0 Å². The summed E-state index contributed by atoms with van der Waals surface area (Å²) in [5, 5.41) is 17.6. The first-order chi connectivity index (χ1) is 8.99. The number of carboxylic acids is 2. The lowest BCUT2D eigenvalue weighted by atomic mass is 10.1. The Kier molecular flexibility index (Phi) is 6.80. The smallest absolute Gasteiger partial charge is 0.307 e. The van der Waals surface area contributed by atoms with Gasteiger partial charge < -0.3 is 10.2 Å². The highest BCUT2D eigenvalue weighted by Crippen LogP contribution is 2.37. The first-order valence-corrected chi connectivity index (χ1v) is 8.05. The van der Waals surface area contributed by atoms with Crippen LogP contribution in [0.5, 0.6) is 0 Å². The van der Waals surface area contributed by atoms with Gasteiger partial charge in [0.2, 0.25) is 0 Å².